The molecule has 0 aliphatic heterocycles. The molecule has 0 spiro atoms. The molecule has 12 nitrogen and oxygen atoms in total. The van der Waals surface area contributed by atoms with Crippen molar-refractivity contribution in [3.8, 4) is 17.2 Å². The Kier molecular flexibility index (Phi) is 14.2. The topological polar surface area (TPSA) is 166 Å². The fourth-order valence-corrected chi connectivity index (χ4v) is 5.53. The van der Waals surface area contributed by atoms with Crippen LogP contribution in [-0.4, -0.2) is 57.4 Å². The Bertz CT molecular complexity index is 1900. The summed E-state index contributed by atoms with van der Waals surface area (Å²) in [6, 6.07) is 15.2. The number of hydrogen-bond donors (Lipinski definition) is 3. The van der Waals surface area contributed by atoms with Crippen LogP contribution < -0.4 is 24.8 Å². The van der Waals surface area contributed by atoms with Gasteiger partial charge in [0.1, 0.15) is 22.8 Å². The van der Waals surface area contributed by atoms with E-state index < -0.39 is 23.9 Å². The van der Waals surface area contributed by atoms with Gasteiger partial charge in [0.25, 0.3) is 5.91 Å². The van der Waals surface area contributed by atoms with Crippen molar-refractivity contribution in [3.05, 3.63) is 101 Å². The summed E-state index contributed by atoms with van der Waals surface area (Å²) in [5.74, 6) is -1.76. The molecular formula is C38H42N4O8S. The number of nitrogens with one attached hydrogen (secondary N) is 2. The van der Waals surface area contributed by atoms with Gasteiger partial charge >= 0.3 is 11.9 Å². The van der Waals surface area contributed by atoms with Crippen LogP contribution in [-0.2, 0) is 16.0 Å². The van der Waals surface area contributed by atoms with Gasteiger partial charge in [0, 0.05) is 17.7 Å². The van der Waals surface area contributed by atoms with Gasteiger partial charge in [-0.2, -0.15) is 8.75 Å². The van der Waals surface area contributed by atoms with Gasteiger partial charge in [-0.1, -0.05) is 50.8 Å². The summed E-state index contributed by atoms with van der Waals surface area (Å²) in [5, 5.41) is 15.2. The lowest BCUT2D eigenvalue weighted by molar-refractivity contribution is -0.141. The standard InChI is InChI=1S/C38H42N4O8S/c1-5-6-7-8-9-21-49-28-18-16-27(17-19-28)38(47)50-32-20-15-26(23-33(32)48-4)22-31(37(45)46)40-35(43)24(2)13-14-25(3)39-36(44)29-11-10-12-30-34(29)42-51-41-30/h10-20,23,31H,5-9,21-22H2,1-4H3,(H,39,44)(H,40,43)(H,45,46)/b24-13+,25-14+. The summed E-state index contributed by atoms with van der Waals surface area (Å²) in [6.07, 6.45) is 8.66. The molecule has 3 aromatic carbocycles. The number of benzene rings is 3. The van der Waals surface area contributed by atoms with E-state index in [2.05, 4.69) is 26.3 Å². The van der Waals surface area contributed by atoms with Crippen LogP contribution in [0.1, 0.15) is 79.2 Å². The van der Waals surface area contributed by atoms with Crippen LogP contribution in [0.5, 0.6) is 17.2 Å². The number of fused-ring (bicyclic) bond motifs is 1. The zero-order valence-electron chi connectivity index (χ0n) is 29.1. The minimum atomic E-state index is -1.27. The smallest absolute Gasteiger partial charge is 0.343 e. The van der Waals surface area contributed by atoms with Gasteiger partial charge in [-0.15, -0.1) is 0 Å². The molecule has 2 amide bonds. The lowest BCUT2D eigenvalue weighted by atomic mass is 10.0. The zero-order valence-corrected chi connectivity index (χ0v) is 29.9. The number of carbonyl (C=O) groups is 4. The highest BCUT2D eigenvalue weighted by Crippen LogP contribution is 2.30. The first-order chi connectivity index (χ1) is 24.6. The Morgan fingerprint density at radius 3 is 2.41 bits per heavy atom. The van der Waals surface area contributed by atoms with E-state index >= 15 is 0 Å². The van der Waals surface area contributed by atoms with E-state index in [-0.39, 0.29) is 29.4 Å². The highest BCUT2D eigenvalue weighted by molar-refractivity contribution is 7.00. The molecule has 1 atom stereocenters. The van der Waals surface area contributed by atoms with Crippen molar-refractivity contribution >= 4 is 46.5 Å². The Labute approximate surface area is 300 Å². The minimum absolute atomic E-state index is 0.0685. The molecule has 0 fully saturated rings. The molecule has 3 N–H and O–H groups in total. The van der Waals surface area contributed by atoms with Crippen LogP contribution >= 0.6 is 11.7 Å². The number of aromatic nitrogens is 2. The van der Waals surface area contributed by atoms with Crippen molar-refractivity contribution in [1.29, 1.82) is 0 Å². The summed E-state index contributed by atoms with van der Waals surface area (Å²) < 4.78 is 25.1. The van der Waals surface area contributed by atoms with E-state index in [0.717, 1.165) is 24.6 Å². The second kappa shape index (κ2) is 19.0. The van der Waals surface area contributed by atoms with Gasteiger partial charge < -0.3 is 30.0 Å². The second-order valence-electron chi connectivity index (χ2n) is 11.8. The molecule has 1 aromatic heterocycles. The van der Waals surface area contributed by atoms with E-state index in [1.807, 2.05) is 0 Å². The van der Waals surface area contributed by atoms with E-state index in [4.69, 9.17) is 14.2 Å². The Morgan fingerprint density at radius 2 is 1.69 bits per heavy atom. The number of esters is 1. The first-order valence-corrected chi connectivity index (χ1v) is 17.4. The average Bonchev–Trinajstić information content (AvgIpc) is 3.61. The van der Waals surface area contributed by atoms with Crippen LogP contribution in [0.15, 0.2) is 84.1 Å². The molecule has 0 saturated heterocycles. The van der Waals surface area contributed by atoms with Gasteiger partial charge in [-0.25, -0.2) is 9.59 Å². The average molecular weight is 715 g/mol. The number of unbranched alkanes of at least 4 members (excludes halogenated alkanes) is 4. The summed E-state index contributed by atoms with van der Waals surface area (Å²) >= 11 is 1.02. The molecule has 4 aromatic rings. The van der Waals surface area contributed by atoms with Crippen LogP contribution in [0.4, 0.5) is 0 Å². The number of amides is 2. The first-order valence-electron chi connectivity index (χ1n) is 16.6. The molecule has 0 aliphatic rings. The van der Waals surface area contributed by atoms with Crippen molar-refractivity contribution in [1.82, 2.24) is 19.4 Å². The second-order valence-corrected chi connectivity index (χ2v) is 12.3. The molecule has 0 radical (unpaired) electrons. The third kappa shape index (κ3) is 11.2. The predicted molar refractivity (Wildman–Crippen MR) is 194 cm³/mol. The third-order valence-corrected chi connectivity index (χ3v) is 8.41. The van der Waals surface area contributed by atoms with Crippen molar-refractivity contribution in [3.63, 3.8) is 0 Å². The summed E-state index contributed by atoms with van der Waals surface area (Å²) in [4.78, 5) is 50.7. The maximum Gasteiger partial charge on any atom is 0.343 e. The monoisotopic (exact) mass is 714 g/mol. The van der Waals surface area contributed by atoms with Gasteiger partial charge in [0.05, 0.1) is 36.6 Å². The third-order valence-electron chi connectivity index (χ3n) is 7.86. The minimum Gasteiger partial charge on any atom is -0.494 e. The number of carboxylic acids is 1. The molecule has 268 valence electrons. The molecule has 4 rings (SSSR count). The van der Waals surface area contributed by atoms with Crippen LogP contribution in [0.3, 0.4) is 0 Å². The van der Waals surface area contributed by atoms with E-state index in [0.29, 0.717) is 45.8 Å². The predicted octanol–water partition coefficient (Wildman–Crippen LogP) is 6.66. The summed E-state index contributed by atoms with van der Waals surface area (Å²) in [7, 11) is 1.41. The Morgan fingerprint density at radius 1 is 0.922 bits per heavy atom. The number of allylic oxidation sites excluding steroid dienone is 3. The summed E-state index contributed by atoms with van der Waals surface area (Å²) in [6.45, 7) is 5.98. The number of aliphatic carboxylic acids is 1. The largest absolute Gasteiger partial charge is 0.494 e. The van der Waals surface area contributed by atoms with Crippen molar-refractivity contribution in [2.75, 3.05) is 13.7 Å². The van der Waals surface area contributed by atoms with E-state index in [1.54, 1.807) is 67.6 Å². The lowest BCUT2D eigenvalue weighted by Crippen LogP contribution is -2.42. The van der Waals surface area contributed by atoms with Crippen molar-refractivity contribution < 1.29 is 38.5 Å². The van der Waals surface area contributed by atoms with Gasteiger partial charge in [-0.3, -0.25) is 9.59 Å². The molecule has 0 saturated carbocycles. The number of carboxylic acid groups (broad SMARTS) is 1. The molecule has 0 aliphatic carbocycles. The molecule has 1 heterocycles. The molecule has 0 bridgehead atoms. The SMILES string of the molecule is CCCCCCCOc1ccc(C(=O)Oc2ccc(CC(NC(=O)/C(C)=C/C=C(\C)NC(=O)c3cccc4nsnc34)C(=O)O)cc2OC)cc1. The first kappa shape index (κ1) is 38.2. The van der Waals surface area contributed by atoms with Crippen LogP contribution in [0, 0.1) is 0 Å². The van der Waals surface area contributed by atoms with Gasteiger partial charge in [-0.05, 0) is 80.4 Å². The fraction of sp³-hybridized carbons (Fsp3) is 0.316. The molecular weight excluding hydrogens is 673 g/mol. The number of rotatable bonds is 18. The lowest BCUT2D eigenvalue weighted by Gasteiger charge is -2.16. The maximum absolute atomic E-state index is 12.9. The maximum atomic E-state index is 12.9. The van der Waals surface area contributed by atoms with Gasteiger partial charge in [0.2, 0.25) is 5.91 Å². The number of ether oxygens (including phenoxy) is 3. The molecule has 13 heteroatoms. The Balaban J connectivity index is 1.32. The Hall–Kier alpha value is -5.56. The van der Waals surface area contributed by atoms with Crippen LogP contribution in [0.2, 0.25) is 0 Å². The number of carbonyl (C=O) groups excluding carboxylic acids is 3. The molecule has 1 unspecified atom stereocenters. The summed E-state index contributed by atoms with van der Waals surface area (Å²) in [5.41, 5.74) is 3.04. The van der Waals surface area contributed by atoms with Crippen LogP contribution in [0.25, 0.3) is 11.0 Å². The highest BCUT2D eigenvalue weighted by atomic mass is 32.1. The van der Waals surface area contributed by atoms with Crippen molar-refractivity contribution in [2.24, 2.45) is 0 Å². The number of methoxy groups -OCH3 is 1. The normalized spacial score (nSPS) is 12.2. The van der Waals surface area contributed by atoms with Gasteiger partial charge in [0.15, 0.2) is 11.5 Å². The fourth-order valence-electron chi connectivity index (χ4n) is 4.98. The highest BCUT2D eigenvalue weighted by Gasteiger charge is 2.22. The number of nitrogens with zero attached hydrogens (tertiary/aromatic N) is 2. The van der Waals surface area contributed by atoms with Crippen molar-refractivity contribution in [2.45, 2.75) is 65.3 Å². The number of hydrogen-bond acceptors (Lipinski definition) is 10. The zero-order chi connectivity index (χ0) is 36.8. The quantitative estimate of drug-likeness (QED) is 0.0334. The van der Waals surface area contributed by atoms with E-state index in [1.165, 1.54) is 45.4 Å². The van der Waals surface area contributed by atoms with E-state index in [9.17, 15) is 24.3 Å². The molecule has 51 heavy (non-hydrogen) atoms.